The molecule has 0 bridgehead atoms. The maximum atomic E-state index is 12.7. The predicted molar refractivity (Wildman–Crippen MR) is 218 cm³/mol. The molecule has 6 nitrogen and oxygen atoms in total. The van der Waals surface area contributed by atoms with Crippen LogP contribution in [0.3, 0.4) is 0 Å². The van der Waals surface area contributed by atoms with Crippen LogP contribution in [0, 0.1) is 0 Å². The third kappa shape index (κ3) is 38.1. The Labute approximate surface area is 317 Å². The monoisotopic (exact) mass is 722 g/mol. The number of aliphatic hydroxyl groups excluding tert-OH is 1. The van der Waals surface area contributed by atoms with Gasteiger partial charge in [-0.25, -0.2) is 0 Å². The first-order valence-electron chi connectivity index (χ1n) is 22.4. The molecule has 0 aliphatic carbocycles. The average Bonchev–Trinajstić information content (AvgIpc) is 3.12. The number of nitrogens with zero attached hydrogens (tertiary/aromatic N) is 1. The summed E-state index contributed by atoms with van der Waals surface area (Å²) in [5.41, 5.74) is 0. The van der Waals surface area contributed by atoms with Crippen LogP contribution < -0.4 is 0 Å². The molecule has 0 radical (unpaired) electrons. The molecule has 0 rings (SSSR count). The number of carbonyl (C=O) groups excluding carboxylic acids is 2. The fourth-order valence-electron chi connectivity index (χ4n) is 6.82. The highest BCUT2D eigenvalue weighted by Gasteiger charge is 2.14. The van der Waals surface area contributed by atoms with E-state index in [2.05, 4.69) is 31.7 Å². The van der Waals surface area contributed by atoms with E-state index in [1.54, 1.807) is 0 Å². The van der Waals surface area contributed by atoms with Gasteiger partial charge in [-0.2, -0.15) is 0 Å². The third-order valence-electron chi connectivity index (χ3n) is 10.2. The lowest BCUT2D eigenvalue weighted by atomic mass is 10.0. The van der Waals surface area contributed by atoms with Crippen molar-refractivity contribution in [3.63, 3.8) is 0 Å². The fourth-order valence-corrected chi connectivity index (χ4v) is 6.82. The molecule has 0 spiro atoms. The minimum atomic E-state index is -0.0822. The van der Waals surface area contributed by atoms with E-state index in [1.807, 2.05) is 6.08 Å². The van der Waals surface area contributed by atoms with Gasteiger partial charge in [-0.3, -0.25) is 9.59 Å². The molecule has 0 aromatic carbocycles. The maximum Gasteiger partial charge on any atom is 0.306 e. The van der Waals surface area contributed by atoms with E-state index in [4.69, 9.17) is 9.47 Å². The van der Waals surface area contributed by atoms with Crippen LogP contribution in [0.4, 0.5) is 0 Å². The predicted octanol–water partition coefficient (Wildman–Crippen LogP) is 12.8. The summed E-state index contributed by atoms with van der Waals surface area (Å²) in [6.07, 6.45) is 41.1. The summed E-state index contributed by atoms with van der Waals surface area (Å²) in [6.45, 7) is 10.2. The lowest BCUT2D eigenvalue weighted by Gasteiger charge is -2.21. The summed E-state index contributed by atoms with van der Waals surface area (Å²) in [7, 11) is 0. The van der Waals surface area contributed by atoms with Gasteiger partial charge >= 0.3 is 11.9 Å². The van der Waals surface area contributed by atoms with Crippen LogP contribution in [0.5, 0.6) is 0 Å². The molecule has 302 valence electrons. The smallest absolute Gasteiger partial charge is 0.306 e. The van der Waals surface area contributed by atoms with Crippen molar-refractivity contribution in [2.24, 2.45) is 0 Å². The molecule has 6 heteroatoms. The Bertz CT molecular complexity index is 757. The van der Waals surface area contributed by atoms with Crippen molar-refractivity contribution < 1.29 is 24.2 Å². The van der Waals surface area contributed by atoms with Crippen LogP contribution in [0.1, 0.15) is 226 Å². The van der Waals surface area contributed by atoms with Crippen molar-refractivity contribution >= 4 is 11.9 Å². The molecule has 1 atom stereocenters. The van der Waals surface area contributed by atoms with Gasteiger partial charge in [0.05, 0.1) is 6.61 Å². The molecular weight excluding hydrogens is 634 g/mol. The summed E-state index contributed by atoms with van der Waals surface area (Å²) in [5, 5.41) is 9.54. The SMILES string of the molecule is CCCCCC/C=C\COC(=O)CCCCCCCN(CCO)CCCCCCCC(=O)OC(CCCCCCCC)CCCCCCCCC. The topological polar surface area (TPSA) is 76.1 Å². The van der Waals surface area contributed by atoms with Crippen LogP contribution >= 0.6 is 0 Å². The van der Waals surface area contributed by atoms with Crippen molar-refractivity contribution in [1.82, 2.24) is 4.90 Å². The number of unbranched alkanes of at least 4 members (excludes halogenated alkanes) is 23. The summed E-state index contributed by atoms with van der Waals surface area (Å²) in [6, 6.07) is 0. The van der Waals surface area contributed by atoms with E-state index >= 15 is 0 Å². The summed E-state index contributed by atoms with van der Waals surface area (Å²) >= 11 is 0. The van der Waals surface area contributed by atoms with Gasteiger partial charge < -0.3 is 19.5 Å². The molecule has 0 amide bonds. The molecular formula is C45H87NO5. The van der Waals surface area contributed by atoms with Crippen LogP contribution in [-0.2, 0) is 19.1 Å². The van der Waals surface area contributed by atoms with Crippen LogP contribution in [0.15, 0.2) is 12.2 Å². The van der Waals surface area contributed by atoms with Gasteiger partial charge in [-0.15, -0.1) is 0 Å². The van der Waals surface area contributed by atoms with Crippen LogP contribution in [0.25, 0.3) is 0 Å². The summed E-state index contributed by atoms with van der Waals surface area (Å²) < 4.78 is 11.4. The summed E-state index contributed by atoms with van der Waals surface area (Å²) in [5.74, 6) is -0.0691. The number of rotatable bonds is 41. The minimum Gasteiger partial charge on any atom is -0.462 e. The van der Waals surface area contributed by atoms with E-state index < -0.39 is 0 Å². The van der Waals surface area contributed by atoms with Crippen molar-refractivity contribution in [2.75, 3.05) is 32.8 Å². The highest BCUT2D eigenvalue weighted by atomic mass is 16.5. The second-order valence-electron chi connectivity index (χ2n) is 15.2. The Balaban J connectivity index is 3.99. The molecule has 0 heterocycles. The Morgan fingerprint density at radius 3 is 1.45 bits per heavy atom. The number of hydrogen-bond acceptors (Lipinski definition) is 6. The lowest BCUT2D eigenvalue weighted by Crippen LogP contribution is -2.29. The molecule has 0 aromatic rings. The van der Waals surface area contributed by atoms with E-state index in [0.29, 0.717) is 19.4 Å². The second kappa shape index (κ2) is 41.4. The molecule has 0 saturated carbocycles. The maximum absolute atomic E-state index is 12.7. The van der Waals surface area contributed by atoms with Gasteiger partial charge in [0.25, 0.3) is 0 Å². The quantitative estimate of drug-likeness (QED) is 0.0385. The number of allylic oxidation sites excluding steroid dienone is 1. The molecule has 0 aromatic heterocycles. The van der Waals surface area contributed by atoms with Gasteiger partial charge in [0.2, 0.25) is 0 Å². The van der Waals surface area contributed by atoms with E-state index in [1.165, 1.54) is 116 Å². The van der Waals surface area contributed by atoms with Crippen molar-refractivity contribution in [3.05, 3.63) is 12.2 Å². The van der Waals surface area contributed by atoms with Crippen LogP contribution in [0.2, 0.25) is 0 Å². The lowest BCUT2D eigenvalue weighted by molar-refractivity contribution is -0.150. The molecule has 0 aliphatic rings. The first-order valence-corrected chi connectivity index (χ1v) is 22.4. The number of esters is 2. The number of ether oxygens (including phenoxy) is 2. The number of aliphatic hydroxyl groups is 1. The van der Waals surface area contributed by atoms with Crippen molar-refractivity contribution in [3.8, 4) is 0 Å². The Morgan fingerprint density at radius 2 is 0.941 bits per heavy atom. The van der Waals surface area contributed by atoms with Crippen molar-refractivity contribution in [1.29, 1.82) is 0 Å². The normalized spacial score (nSPS) is 12.3. The Hall–Kier alpha value is -1.40. The zero-order valence-electron chi connectivity index (χ0n) is 34.4. The third-order valence-corrected chi connectivity index (χ3v) is 10.2. The van der Waals surface area contributed by atoms with E-state index in [0.717, 1.165) is 96.7 Å². The molecule has 51 heavy (non-hydrogen) atoms. The van der Waals surface area contributed by atoms with Gasteiger partial charge in [0, 0.05) is 19.4 Å². The first-order chi connectivity index (χ1) is 25.1. The van der Waals surface area contributed by atoms with Gasteiger partial charge in [-0.05, 0) is 77.3 Å². The Morgan fingerprint density at radius 1 is 0.510 bits per heavy atom. The zero-order chi connectivity index (χ0) is 37.3. The molecule has 0 saturated heterocycles. The zero-order valence-corrected chi connectivity index (χ0v) is 34.4. The second-order valence-corrected chi connectivity index (χ2v) is 15.2. The number of hydrogen-bond donors (Lipinski definition) is 1. The van der Waals surface area contributed by atoms with Crippen molar-refractivity contribution in [2.45, 2.75) is 232 Å². The van der Waals surface area contributed by atoms with Gasteiger partial charge in [0.1, 0.15) is 12.7 Å². The molecule has 0 aliphatic heterocycles. The molecule has 1 unspecified atom stereocenters. The van der Waals surface area contributed by atoms with E-state index in [-0.39, 0.29) is 24.6 Å². The molecule has 1 N–H and O–H groups in total. The standard InChI is InChI=1S/C45H87NO5/c1-4-7-10-13-16-21-28-35-43(34-27-20-15-12-9-6-3)51-45(49)37-30-23-19-25-32-39-46(40-41-47)38-31-24-18-22-29-36-44(48)50-42-33-26-17-14-11-8-5-2/h26,33,43,47H,4-25,27-32,34-42H2,1-3H3/b33-26-. The van der Waals surface area contributed by atoms with Gasteiger partial charge in [0.15, 0.2) is 0 Å². The first kappa shape index (κ1) is 49.6. The average molecular weight is 722 g/mol. The summed E-state index contributed by atoms with van der Waals surface area (Å²) in [4.78, 5) is 27.0. The largest absolute Gasteiger partial charge is 0.462 e. The molecule has 0 fully saturated rings. The highest BCUT2D eigenvalue weighted by Crippen LogP contribution is 2.18. The fraction of sp³-hybridized carbons (Fsp3) is 0.911. The Kier molecular flexibility index (Phi) is 40.2. The number of carbonyl (C=O) groups is 2. The van der Waals surface area contributed by atoms with Gasteiger partial charge in [-0.1, -0.05) is 161 Å². The minimum absolute atomic E-state index is 0.0132. The highest BCUT2D eigenvalue weighted by molar-refractivity contribution is 5.69. The van der Waals surface area contributed by atoms with Crippen LogP contribution in [-0.4, -0.2) is 60.9 Å². The van der Waals surface area contributed by atoms with E-state index in [9.17, 15) is 14.7 Å².